The van der Waals surface area contributed by atoms with Gasteiger partial charge < -0.3 is 9.47 Å². The summed E-state index contributed by atoms with van der Waals surface area (Å²) in [5.41, 5.74) is -0.359. The topological polar surface area (TPSA) is 35.5 Å². The van der Waals surface area contributed by atoms with E-state index in [4.69, 9.17) is 55.9 Å². The Bertz CT molecular complexity index is 1360. The van der Waals surface area contributed by atoms with Crippen molar-refractivity contribution < 1.29 is 14.3 Å². The Hall–Kier alpha value is -2.69. The molecule has 0 N–H and O–H groups in total. The van der Waals surface area contributed by atoms with Gasteiger partial charge in [-0.3, -0.25) is 4.79 Å². The summed E-state index contributed by atoms with van der Waals surface area (Å²) in [5, 5.41) is 1.88. The SMILES string of the molecule is CC(C)(c1ccc(Cl)cc1Cl)C(Oc1ccccc1)C(=O)C(Oc1ccccc1)C(C)(C)c1ccc(Cl)cc1Cl. The highest BCUT2D eigenvalue weighted by molar-refractivity contribution is 6.35. The first-order valence-corrected chi connectivity index (χ1v) is 14.3. The molecule has 0 amide bonds. The van der Waals surface area contributed by atoms with E-state index in [1.54, 1.807) is 24.3 Å². The highest BCUT2D eigenvalue weighted by Crippen LogP contribution is 2.41. The summed E-state index contributed by atoms with van der Waals surface area (Å²) >= 11 is 25.8. The Morgan fingerprint density at radius 2 is 0.925 bits per heavy atom. The van der Waals surface area contributed by atoms with Crippen LogP contribution in [0.25, 0.3) is 0 Å². The molecule has 0 spiro atoms. The van der Waals surface area contributed by atoms with Crippen molar-refractivity contribution in [1.82, 2.24) is 0 Å². The Labute approximate surface area is 255 Å². The van der Waals surface area contributed by atoms with Gasteiger partial charge in [-0.15, -0.1) is 0 Å². The van der Waals surface area contributed by atoms with E-state index in [2.05, 4.69) is 0 Å². The van der Waals surface area contributed by atoms with Gasteiger partial charge >= 0.3 is 0 Å². The lowest BCUT2D eigenvalue weighted by molar-refractivity contribution is -0.138. The first-order valence-electron chi connectivity index (χ1n) is 12.8. The molecular weight excluding hydrogens is 586 g/mol. The van der Waals surface area contributed by atoms with Gasteiger partial charge in [-0.25, -0.2) is 0 Å². The molecule has 0 heterocycles. The number of hydrogen-bond acceptors (Lipinski definition) is 3. The number of Topliss-reactive ketones (excluding diaryl/α,β-unsaturated/α-hetero) is 1. The number of rotatable bonds is 10. The van der Waals surface area contributed by atoms with E-state index in [1.165, 1.54) is 0 Å². The number of carbonyl (C=O) groups is 1. The molecule has 4 aromatic rings. The summed E-state index contributed by atoms with van der Waals surface area (Å²) in [7, 11) is 0. The molecule has 208 valence electrons. The normalized spacial score (nSPS) is 13.4. The van der Waals surface area contributed by atoms with Crippen LogP contribution in [0.3, 0.4) is 0 Å². The van der Waals surface area contributed by atoms with Crippen molar-refractivity contribution in [2.45, 2.75) is 50.7 Å². The van der Waals surface area contributed by atoms with E-state index in [0.29, 0.717) is 42.7 Å². The fraction of sp³-hybridized carbons (Fsp3) is 0.242. The van der Waals surface area contributed by atoms with E-state index < -0.39 is 23.0 Å². The van der Waals surface area contributed by atoms with E-state index in [9.17, 15) is 4.79 Å². The van der Waals surface area contributed by atoms with Crippen molar-refractivity contribution >= 4 is 52.2 Å². The van der Waals surface area contributed by atoms with Crippen LogP contribution in [-0.4, -0.2) is 18.0 Å². The predicted molar refractivity (Wildman–Crippen MR) is 166 cm³/mol. The van der Waals surface area contributed by atoms with Gasteiger partial charge in [0.25, 0.3) is 0 Å². The van der Waals surface area contributed by atoms with Gasteiger partial charge in [0, 0.05) is 30.9 Å². The zero-order valence-electron chi connectivity index (χ0n) is 22.6. The van der Waals surface area contributed by atoms with Crippen molar-refractivity contribution in [2.24, 2.45) is 0 Å². The minimum absolute atomic E-state index is 0.278. The second kappa shape index (κ2) is 12.4. The highest BCUT2D eigenvalue weighted by atomic mass is 35.5. The Balaban J connectivity index is 1.87. The molecule has 4 aromatic carbocycles. The molecule has 3 nitrogen and oxygen atoms in total. The van der Waals surface area contributed by atoms with Crippen LogP contribution in [0.4, 0.5) is 0 Å². The second-order valence-electron chi connectivity index (χ2n) is 10.7. The summed E-state index contributed by atoms with van der Waals surface area (Å²) in [6.45, 7) is 7.70. The molecule has 40 heavy (non-hydrogen) atoms. The average molecular weight is 616 g/mol. The molecule has 7 heteroatoms. The van der Waals surface area contributed by atoms with Crippen LogP contribution in [0.15, 0.2) is 97.1 Å². The largest absolute Gasteiger partial charge is 0.482 e. The van der Waals surface area contributed by atoms with E-state index in [-0.39, 0.29) is 5.78 Å². The van der Waals surface area contributed by atoms with Gasteiger partial charge in [-0.05, 0) is 59.7 Å². The molecule has 4 rings (SSSR count). The minimum atomic E-state index is -1.01. The number of halogens is 4. The average Bonchev–Trinajstić information content (AvgIpc) is 2.90. The minimum Gasteiger partial charge on any atom is -0.482 e. The molecule has 0 radical (unpaired) electrons. The van der Waals surface area contributed by atoms with Gasteiger partial charge in [0.1, 0.15) is 11.5 Å². The van der Waals surface area contributed by atoms with Gasteiger partial charge in [-0.2, -0.15) is 0 Å². The van der Waals surface area contributed by atoms with Crippen molar-refractivity contribution in [2.75, 3.05) is 0 Å². The fourth-order valence-corrected chi connectivity index (χ4v) is 6.14. The summed E-state index contributed by atoms with van der Waals surface area (Å²) in [4.78, 5) is 14.9. The zero-order chi connectivity index (χ0) is 29.1. The molecule has 0 saturated heterocycles. The lowest BCUT2D eigenvalue weighted by Crippen LogP contribution is -2.55. The number of benzene rings is 4. The Morgan fingerprint density at radius 3 is 1.25 bits per heavy atom. The van der Waals surface area contributed by atoms with E-state index >= 15 is 0 Å². The van der Waals surface area contributed by atoms with Gasteiger partial charge in [0.15, 0.2) is 12.2 Å². The number of ketones is 1. The zero-order valence-corrected chi connectivity index (χ0v) is 25.7. The first-order chi connectivity index (χ1) is 18.9. The van der Waals surface area contributed by atoms with Crippen molar-refractivity contribution in [3.8, 4) is 11.5 Å². The first kappa shape index (κ1) is 30.3. The van der Waals surface area contributed by atoms with Crippen LogP contribution in [0.5, 0.6) is 11.5 Å². The molecule has 2 unspecified atom stereocenters. The van der Waals surface area contributed by atoms with Crippen molar-refractivity contribution in [3.63, 3.8) is 0 Å². The highest BCUT2D eigenvalue weighted by Gasteiger charge is 2.49. The quantitative estimate of drug-likeness (QED) is 0.178. The van der Waals surface area contributed by atoms with Crippen LogP contribution in [-0.2, 0) is 15.6 Å². The van der Waals surface area contributed by atoms with Crippen LogP contribution >= 0.6 is 46.4 Å². The molecule has 0 aromatic heterocycles. The van der Waals surface area contributed by atoms with Crippen molar-refractivity contribution in [3.05, 3.63) is 128 Å². The van der Waals surface area contributed by atoms with Gasteiger partial charge in [0.2, 0.25) is 5.78 Å². The maximum absolute atomic E-state index is 14.9. The van der Waals surface area contributed by atoms with Crippen LogP contribution in [0.2, 0.25) is 20.1 Å². The maximum Gasteiger partial charge on any atom is 0.215 e. The van der Waals surface area contributed by atoms with E-state index in [1.807, 2.05) is 100 Å². The molecule has 0 saturated carbocycles. The smallest absolute Gasteiger partial charge is 0.215 e. The molecule has 0 aliphatic carbocycles. The molecular formula is C33H30Cl4O3. The summed E-state index contributed by atoms with van der Waals surface area (Å²) in [6.07, 6.45) is -2.01. The molecule has 0 aliphatic rings. The van der Waals surface area contributed by atoms with Crippen LogP contribution < -0.4 is 9.47 Å². The van der Waals surface area contributed by atoms with Crippen molar-refractivity contribution in [1.29, 1.82) is 0 Å². The summed E-state index contributed by atoms with van der Waals surface area (Å²) in [6, 6.07) is 28.9. The Morgan fingerprint density at radius 1 is 0.575 bits per heavy atom. The molecule has 2 atom stereocenters. The third-order valence-corrected chi connectivity index (χ3v) is 8.17. The number of para-hydroxylation sites is 2. The monoisotopic (exact) mass is 614 g/mol. The summed E-state index contributed by atoms with van der Waals surface area (Å²) in [5.74, 6) is 0.805. The third kappa shape index (κ3) is 6.61. The predicted octanol–water partition coefficient (Wildman–Crippen LogP) is 10.0. The summed E-state index contributed by atoms with van der Waals surface area (Å²) < 4.78 is 13.0. The molecule has 0 aliphatic heterocycles. The lowest BCUT2D eigenvalue weighted by atomic mass is 9.71. The fourth-order valence-electron chi connectivity index (χ4n) is 4.84. The van der Waals surface area contributed by atoms with Gasteiger partial charge in [0.05, 0.1) is 0 Å². The number of ether oxygens (including phenoxy) is 2. The molecule has 0 fully saturated rings. The standard InChI is InChI=1S/C33H30Cl4O3/c1-32(2,25-17-15-21(34)19-27(25)36)30(39-23-11-7-5-8-12-23)29(38)31(40-24-13-9-6-10-14-24)33(3,4)26-18-16-22(35)20-28(26)37/h5-20,30-31H,1-4H3. The van der Waals surface area contributed by atoms with E-state index in [0.717, 1.165) is 0 Å². The molecule has 0 bridgehead atoms. The van der Waals surface area contributed by atoms with Gasteiger partial charge in [-0.1, -0.05) is 123 Å². The van der Waals surface area contributed by atoms with Crippen LogP contribution in [0, 0.1) is 0 Å². The number of hydrogen-bond donors (Lipinski definition) is 0. The third-order valence-electron chi connectivity index (χ3n) is 7.07. The lowest BCUT2D eigenvalue weighted by Gasteiger charge is -2.41. The second-order valence-corrected chi connectivity index (χ2v) is 12.4. The maximum atomic E-state index is 14.9. The number of carbonyl (C=O) groups excluding carboxylic acids is 1. The van der Waals surface area contributed by atoms with Crippen LogP contribution in [0.1, 0.15) is 38.8 Å². The Kier molecular flexibility index (Phi) is 9.42.